The second-order valence-corrected chi connectivity index (χ2v) is 7.76. The average Bonchev–Trinajstić information content (AvgIpc) is 2.77. The van der Waals surface area contributed by atoms with Gasteiger partial charge in [-0.25, -0.2) is 0 Å². The third kappa shape index (κ3) is 4.45. The fourth-order valence-electron chi connectivity index (χ4n) is 4.39. The molecule has 1 aliphatic heterocycles. The van der Waals surface area contributed by atoms with E-state index in [-0.39, 0.29) is 0 Å². The zero-order valence-electron chi connectivity index (χ0n) is 16.6. The van der Waals surface area contributed by atoms with Crippen LogP contribution in [0, 0.1) is 5.92 Å². The predicted molar refractivity (Wildman–Crippen MR) is 116 cm³/mol. The van der Waals surface area contributed by atoms with Crippen molar-refractivity contribution in [3.8, 4) is 5.75 Å². The van der Waals surface area contributed by atoms with E-state index in [0.29, 0.717) is 6.04 Å². The van der Waals surface area contributed by atoms with Gasteiger partial charge in [0.1, 0.15) is 5.75 Å². The Morgan fingerprint density at radius 1 is 0.786 bits per heavy atom. The molecule has 28 heavy (non-hydrogen) atoms. The number of nitrogens with zero attached hydrogens (tertiary/aromatic N) is 1. The summed E-state index contributed by atoms with van der Waals surface area (Å²) in [6.07, 6.45) is 3.67. The summed E-state index contributed by atoms with van der Waals surface area (Å²) in [7, 11) is 1.72. The number of hydrogen-bond donors (Lipinski definition) is 0. The summed E-state index contributed by atoms with van der Waals surface area (Å²) in [5.74, 6) is 1.70. The summed E-state index contributed by atoms with van der Waals surface area (Å²) in [4.78, 5) is 2.66. The monoisotopic (exact) mass is 371 g/mol. The Balaban J connectivity index is 1.44. The Hall–Kier alpha value is -2.58. The van der Waals surface area contributed by atoms with Gasteiger partial charge in [0, 0.05) is 0 Å². The van der Waals surface area contributed by atoms with Gasteiger partial charge in [0.25, 0.3) is 0 Å². The van der Waals surface area contributed by atoms with Crippen molar-refractivity contribution in [2.24, 2.45) is 5.92 Å². The maximum atomic E-state index is 5.28. The van der Waals surface area contributed by atoms with Gasteiger partial charge >= 0.3 is 0 Å². The molecule has 4 rings (SSSR count). The molecular formula is C26H29NO. The molecular weight excluding hydrogens is 342 g/mol. The second kappa shape index (κ2) is 9.07. The largest absolute Gasteiger partial charge is 0.497 e. The normalized spacial score (nSPS) is 15.6. The van der Waals surface area contributed by atoms with E-state index < -0.39 is 0 Å². The van der Waals surface area contributed by atoms with E-state index in [0.717, 1.165) is 24.8 Å². The first kappa shape index (κ1) is 18.8. The van der Waals surface area contributed by atoms with Gasteiger partial charge in [-0.3, -0.25) is 4.90 Å². The van der Waals surface area contributed by atoms with Gasteiger partial charge in [0.2, 0.25) is 0 Å². The molecule has 2 heteroatoms. The van der Waals surface area contributed by atoms with E-state index in [1.807, 2.05) is 0 Å². The lowest BCUT2D eigenvalue weighted by Crippen LogP contribution is -2.37. The highest BCUT2D eigenvalue weighted by atomic mass is 16.5. The van der Waals surface area contributed by atoms with Crippen molar-refractivity contribution >= 4 is 0 Å². The molecule has 144 valence electrons. The fraction of sp³-hybridized carbons (Fsp3) is 0.308. The maximum absolute atomic E-state index is 5.28. The van der Waals surface area contributed by atoms with E-state index in [4.69, 9.17) is 4.74 Å². The molecule has 2 nitrogen and oxygen atoms in total. The van der Waals surface area contributed by atoms with E-state index >= 15 is 0 Å². The average molecular weight is 372 g/mol. The van der Waals surface area contributed by atoms with E-state index in [9.17, 15) is 0 Å². The molecule has 0 saturated carbocycles. The summed E-state index contributed by atoms with van der Waals surface area (Å²) in [5.41, 5.74) is 4.20. The van der Waals surface area contributed by atoms with Gasteiger partial charge in [-0.2, -0.15) is 0 Å². The number of hydrogen-bond acceptors (Lipinski definition) is 2. The smallest absolute Gasteiger partial charge is 0.118 e. The van der Waals surface area contributed by atoms with E-state index in [1.54, 1.807) is 7.11 Å². The van der Waals surface area contributed by atoms with Crippen molar-refractivity contribution in [1.29, 1.82) is 0 Å². The van der Waals surface area contributed by atoms with Gasteiger partial charge in [0.15, 0.2) is 0 Å². The van der Waals surface area contributed by atoms with Crippen molar-refractivity contribution in [1.82, 2.24) is 4.90 Å². The van der Waals surface area contributed by atoms with Gasteiger partial charge in [-0.05, 0) is 67.1 Å². The molecule has 0 unspecified atom stereocenters. The second-order valence-electron chi connectivity index (χ2n) is 7.76. The molecule has 0 spiro atoms. The molecule has 1 fully saturated rings. The molecule has 0 atom stereocenters. The summed E-state index contributed by atoms with van der Waals surface area (Å²) < 4.78 is 5.28. The minimum atomic E-state index is 0.351. The minimum Gasteiger partial charge on any atom is -0.497 e. The van der Waals surface area contributed by atoms with E-state index in [1.165, 1.54) is 36.0 Å². The van der Waals surface area contributed by atoms with Crippen molar-refractivity contribution in [3.05, 3.63) is 102 Å². The summed E-state index contributed by atoms with van der Waals surface area (Å²) in [5, 5.41) is 0. The minimum absolute atomic E-state index is 0.351. The molecule has 1 heterocycles. The van der Waals surface area contributed by atoms with Gasteiger partial charge in [-0.15, -0.1) is 0 Å². The molecule has 0 amide bonds. The van der Waals surface area contributed by atoms with Crippen LogP contribution < -0.4 is 4.74 Å². The van der Waals surface area contributed by atoms with Crippen LogP contribution in [-0.2, 0) is 6.42 Å². The van der Waals surface area contributed by atoms with Crippen LogP contribution in [0.2, 0.25) is 0 Å². The van der Waals surface area contributed by atoms with Crippen molar-refractivity contribution in [2.45, 2.75) is 25.3 Å². The SMILES string of the molecule is COc1ccc(CC2CCN(C(c3ccccc3)c3ccccc3)CC2)cc1. The zero-order chi connectivity index (χ0) is 19.2. The molecule has 0 N–H and O–H groups in total. The molecule has 3 aromatic rings. The molecule has 0 aromatic heterocycles. The lowest BCUT2D eigenvalue weighted by Gasteiger charge is -2.38. The first-order valence-corrected chi connectivity index (χ1v) is 10.3. The third-order valence-corrected chi connectivity index (χ3v) is 5.93. The molecule has 3 aromatic carbocycles. The van der Waals surface area contributed by atoms with Crippen LogP contribution in [0.3, 0.4) is 0 Å². The number of likely N-dealkylation sites (tertiary alicyclic amines) is 1. The van der Waals surface area contributed by atoms with Crippen LogP contribution in [0.5, 0.6) is 5.75 Å². The van der Waals surface area contributed by atoms with E-state index in [2.05, 4.69) is 89.8 Å². The van der Waals surface area contributed by atoms with Crippen molar-refractivity contribution < 1.29 is 4.74 Å². The maximum Gasteiger partial charge on any atom is 0.118 e. The van der Waals surface area contributed by atoms with Gasteiger partial charge in [-0.1, -0.05) is 72.8 Å². The summed E-state index contributed by atoms with van der Waals surface area (Å²) >= 11 is 0. The van der Waals surface area contributed by atoms with Gasteiger partial charge < -0.3 is 4.74 Å². The van der Waals surface area contributed by atoms with Crippen LogP contribution in [0.15, 0.2) is 84.9 Å². The highest BCUT2D eigenvalue weighted by Crippen LogP contribution is 2.33. The molecule has 0 aliphatic carbocycles. The first-order valence-electron chi connectivity index (χ1n) is 10.3. The number of benzene rings is 3. The highest BCUT2D eigenvalue weighted by Gasteiger charge is 2.27. The standard InChI is InChI=1S/C26H29NO/c1-28-25-14-12-21(13-15-25)20-22-16-18-27(19-17-22)26(23-8-4-2-5-9-23)24-10-6-3-7-11-24/h2-15,22,26H,16-20H2,1H3. The third-order valence-electron chi connectivity index (χ3n) is 5.93. The Labute approximate surface area is 168 Å². The van der Waals surface area contributed by atoms with Crippen molar-refractivity contribution in [2.75, 3.05) is 20.2 Å². The highest BCUT2D eigenvalue weighted by molar-refractivity contribution is 5.32. The zero-order valence-corrected chi connectivity index (χ0v) is 16.6. The van der Waals surface area contributed by atoms with Gasteiger partial charge in [0.05, 0.1) is 13.2 Å². The lowest BCUT2D eigenvalue weighted by molar-refractivity contribution is 0.151. The molecule has 1 saturated heterocycles. The molecule has 1 aliphatic rings. The van der Waals surface area contributed by atoms with Crippen LogP contribution in [0.25, 0.3) is 0 Å². The topological polar surface area (TPSA) is 12.5 Å². The molecule has 0 radical (unpaired) electrons. The van der Waals surface area contributed by atoms with Crippen LogP contribution in [0.4, 0.5) is 0 Å². The predicted octanol–water partition coefficient (Wildman–Crippen LogP) is 5.74. The Morgan fingerprint density at radius 2 is 1.32 bits per heavy atom. The number of rotatable bonds is 6. The fourth-order valence-corrected chi connectivity index (χ4v) is 4.39. The first-order chi connectivity index (χ1) is 13.8. The Bertz CT molecular complexity index is 797. The summed E-state index contributed by atoms with van der Waals surface area (Å²) in [6, 6.07) is 30.8. The Morgan fingerprint density at radius 3 is 1.82 bits per heavy atom. The quantitative estimate of drug-likeness (QED) is 0.548. The van der Waals surface area contributed by atoms with Crippen LogP contribution in [-0.4, -0.2) is 25.1 Å². The lowest BCUT2D eigenvalue weighted by atomic mass is 9.87. The van der Waals surface area contributed by atoms with Crippen molar-refractivity contribution in [3.63, 3.8) is 0 Å². The number of ether oxygens (including phenoxy) is 1. The van der Waals surface area contributed by atoms with Crippen LogP contribution >= 0.6 is 0 Å². The Kier molecular flexibility index (Phi) is 6.08. The molecule has 0 bridgehead atoms. The number of methoxy groups -OCH3 is 1. The number of piperidine rings is 1. The summed E-state index contributed by atoms with van der Waals surface area (Å²) in [6.45, 7) is 2.30. The van der Waals surface area contributed by atoms with Crippen LogP contribution in [0.1, 0.15) is 35.6 Å².